The highest BCUT2D eigenvalue weighted by atomic mass is 32.2. The van der Waals surface area contributed by atoms with Gasteiger partial charge in [0.25, 0.3) is 10.0 Å². The molecule has 1 atom stereocenters. The van der Waals surface area contributed by atoms with Gasteiger partial charge in [-0.25, -0.2) is 8.42 Å². The molecule has 0 aliphatic heterocycles. The summed E-state index contributed by atoms with van der Waals surface area (Å²) in [5.41, 5.74) is 2.17. The van der Waals surface area contributed by atoms with Gasteiger partial charge >= 0.3 is 0 Å². The van der Waals surface area contributed by atoms with Crippen LogP contribution in [0.25, 0.3) is 0 Å². The minimum Gasteiger partial charge on any atom is -0.497 e. The SMILES string of the molecule is CCc1ccc(N(CC(=O)N(Cc2cccc(OC)c2)[C@H](CC)C(=O)NC(C)C)S(=O)(=O)c2ccccc2)cc1. The van der Waals surface area contributed by atoms with Gasteiger partial charge in [0.2, 0.25) is 11.8 Å². The number of methoxy groups -OCH3 is 1. The molecule has 0 heterocycles. The summed E-state index contributed by atoms with van der Waals surface area (Å²) < 4.78 is 34.2. The van der Waals surface area contributed by atoms with Gasteiger partial charge in [0.05, 0.1) is 17.7 Å². The highest BCUT2D eigenvalue weighted by molar-refractivity contribution is 7.92. The Labute approximate surface area is 238 Å². The van der Waals surface area contributed by atoms with E-state index >= 15 is 0 Å². The van der Waals surface area contributed by atoms with Crippen molar-refractivity contribution in [2.75, 3.05) is 18.0 Å². The Hall–Kier alpha value is -3.85. The lowest BCUT2D eigenvalue weighted by Crippen LogP contribution is -2.53. The standard InChI is InChI=1S/C31H39N3O5S/c1-6-24-16-18-26(19-17-24)34(40(37,38)28-14-9-8-10-15-28)22-30(35)33(29(7-2)31(36)32-23(3)4)21-25-12-11-13-27(20-25)39-5/h8-20,23,29H,6-7,21-22H2,1-5H3,(H,32,36)/t29-/m1/s1. The first-order valence-corrected chi connectivity index (χ1v) is 14.9. The summed E-state index contributed by atoms with van der Waals surface area (Å²) in [6.07, 6.45) is 1.15. The average molecular weight is 566 g/mol. The number of nitrogens with one attached hydrogen (secondary N) is 1. The number of carbonyl (C=O) groups excluding carboxylic acids is 2. The summed E-state index contributed by atoms with van der Waals surface area (Å²) in [5, 5.41) is 2.90. The van der Waals surface area contributed by atoms with Crippen LogP contribution in [0.5, 0.6) is 5.75 Å². The Kier molecular flexibility index (Phi) is 10.7. The molecule has 0 saturated carbocycles. The molecule has 214 valence electrons. The van der Waals surface area contributed by atoms with Crippen LogP contribution in [0.1, 0.15) is 45.2 Å². The predicted octanol–water partition coefficient (Wildman–Crippen LogP) is 4.78. The Morgan fingerprint density at radius 3 is 2.15 bits per heavy atom. The molecule has 0 fully saturated rings. The van der Waals surface area contributed by atoms with Crippen LogP contribution < -0.4 is 14.4 Å². The monoisotopic (exact) mass is 565 g/mol. The van der Waals surface area contributed by atoms with Gasteiger partial charge in [-0.1, -0.05) is 56.3 Å². The number of carbonyl (C=O) groups is 2. The molecule has 3 aromatic carbocycles. The Bertz CT molecular complexity index is 1380. The van der Waals surface area contributed by atoms with Crippen molar-refractivity contribution < 1.29 is 22.7 Å². The maximum absolute atomic E-state index is 14.1. The molecule has 0 unspecified atom stereocenters. The van der Waals surface area contributed by atoms with E-state index in [0.717, 1.165) is 21.9 Å². The van der Waals surface area contributed by atoms with Gasteiger partial charge in [-0.15, -0.1) is 0 Å². The van der Waals surface area contributed by atoms with Crippen molar-refractivity contribution in [1.82, 2.24) is 10.2 Å². The first kappa shape index (κ1) is 30.7. The largest absolute Gasteiger partial charge is 0.497 e. The molecule has 0 spiro atoms. The van der Waals surface area contributed by atoms with Crippen LogP contribution in [0.2, 0.25) is 0 Å². The van der Waals surface area contributed by atoms with Gasteiger partial charge in [-0.05, 0) is 74.2 Å². The third kappa shape index (κ3) is 7.63. The smallest absolute Gasteiger partial charge is 0.264 e. The molecule has 0 saturated heterocycles. The average Bonchev–Trinajstić information content (AvgIpc) is 2.95. The van der Waals surface area contributed by atoms with E-state index < -0.39 is 28.5 Å². The number of benzene rings is 3. The van der Waals surface area contributed by atoms with Crippen LogP contribution >= 0.6 is 0 Å². The fourth-order valence-corrected chi connectivity index (χ4v) is 5.85. The quantitative estimate of drug-likeness (QED) is 0.322. The fraction of sp³-hybridized carbons (Fsp3) is 0.355. The summed E-state index contributed by atoms with van der Waals surface area (Å²) in [5.74, 6) is -0.167. The maximum Gasteiger partial charge on any atom is 0.264 e. The third-order valence-electron chi connectivity index (χ3n) is 6.55. The summed E-state index contributed by atoms with van der Waals surface area (Å²) in [6, 6.07) is 21.5. The Morgan fingerprint density at radius 2 is 1.57 bits per heavy atom. The topological polar surface area (TPSA) is 96.0 Å². The highest BCUT2D eigenvalue weighted by Gasteiger charge is 2.33. The van der Waals surface area contributed by atoms with E-state index in [1.165, 1.54) is 17.0 Å². The lowest BCUT2D eigenvalue weighted by atomic mass is 10.1. The molecule has 1 N–H and O–H groups in total. The zero-order valence-corrected chi connectivity index (χ0v) is 24.6. The van der Waals surface area contributed by atoms with E-state index in [4.69, 9.17) is 4.74 Å². The van der Waals surface area contributed by atoms with Crippen molar-refractivity contribution in [1.29, 1.82) is 0 Å². The van der Waals surface area contributed by atoms with Crippen LogP contribution in [-0.4, -0.2) is 50.9 Å². The number of hydrogen-bond acceptors (Lipinski definition) is 5. The number of amides is 2. The second-order valence-corrected chi connectivity index (χ2v) is 11.7. The van der Waals surface area contributed by atoms with E-state index in [1.807, 2.05) is 52.0 Å². The van der Waals surface area contributed by atoms with Crippen molar-refractivity contribution >= 4 is 27.5 Å². The second kappa shape index (κ2) is 14.0. The fourth-order valence-electron chi connectivity index (χ4n) is 4.41. The van der Waals surface area contributed by atoms with E-state index in [9.17, 15) is 18.0 Å². The van der Waals surface area contributed by atoms with Crippen LogP contribution in [0.4, 0.5) is 5.69 Å². The van der Waals surface area contributed by atoms with Gasteiger partial charge in [0, 0.05) is 12.6 Å². The number of anilines is 1. The summed E-state index contributed by atoms with van der Waals surface area (Å²) >= 11 is 0. The minimum absolute atomic E-state index is 0.0753. The van der Waals surface area contributed by atoms with Gasteiger partial charge in [0.1, 0.15) is 18.3 Å². The first-order valence-electron chi connectivity index (χ1n) is 13.5. The van der Waals surface area contributed by atoms with Gasteiger partial charge in [-0.3, -0.25) is 13.9 Å². The van der Waals surface area contributed by atoms with E-state index in [1.54, 1.807) is 49.6 Å². The molecular weight excluding hydrogens is 526 g/mol. The number of rotatable bonds is 13. The zero-order valence-electron chi connectivity index (χ0n) is 23.8. The molecule has 0 aliphatic rings. The van der Waals surface area contributed by atoms with Crippen LogP contribution in [0, 0.1) is 0 Å². The third-order valence-corrected chi connectivity index (χ3v) is 8.33. The van der Waals surface area contributed by atoms with Crippen molar-refractivity contribution in [3.63, 3.8) is 0 Å². The van der Waals surface area contributed by atoms with E-state index in [0.29, 0.717) is 17.9 Å². The molecule has 0 aromatic heterocycles. The summed E-state index contributed by atoms with van der Waals surface area (Å²) in [6.45, 7) is 7.19. The molecule has 9 heteroatoms. The number of ether oxygens (including phenoxy) is 1. The lowest BCUT2D eigenvalue weighted by Gasteiger charge is -2.33. The minimum atomic E-state index is -4.09. The van der Waals surface area contributed by atoms with Crippen LogP contribution in [-0.2, 0) is 32.6 Å². The van der Waals surface area contributed by atoms with Gasteiger partial charge < -0.3 is 15.0 Å². The van der Waals surface area contributed by atoms with Crippen molar-refractivity contribution in [3.05, 3.63) is 90.0 Å². The number of hydrogen-bond donors (Lipinski definition) is 1. The maximum atomic E-state index is 14.1. The van der Waals surface area contributed by atoms with Crippen molar-refractivity contribution in [2.45, 2.75) is 64.1 Å². The lowest BCUT2D eigenvalue weighted by molar-refractivity contribution is -0.140. The number of aryl methyl sites for hydroxylation is 1. The Morgan fingerprint density at radius 1 is 0.900 bits per heavy atom. The predicted molar refractivity (Wildman–Crippen MR) is 158 cm³/mol. The summed E-state index contributed by atoms with van der Waals surface area (Å²) in [7, 11) is -2.53. The molecule has 40 heavy (non-hydrogen) atoms. The van der Waals surface area contributed by atoms with Crippen LogP contribution in [0.3, 0.4) is 0 Å². The van der Waals surface area contributed by atoms with Crippen LogP contribution in [0.15, 0.2) is 83.8 Å². The normalized spacial score (nSPS) is 12.1. The van der Waals surface area contributed by atoms with Gasteiger partial charge in [-0.2, -0.15) is 0 Å². The molecular formula is C31H39N3O5S. The van der Waals surface area contributed by atoms with Gasteiger partial charge in [0.15, 0.2) is 0 Å². The number of sulfonamides is 1. The zero-order chi connectivity index (χ0) is 29.3. The molecule has 3 rings (SSSR count). The first-order chi connectivity index (χ1) is 19.1. The van der Waals surface area contributed by atoms with Crippen molar-refractivity contribution in [3.8, 4) is 5.75 Å². The molecule has 0 radical (unpaired) electrons. The molecule has 0 aliphatic carbocycles. The highest BCUT2D eigenvalue weighted by Crippen LogP contribution is 2.26. The Balaban J connectivity index is 2.06. The number of nitrogens with zero attached hydrogens (tertiary/aromatic N) is 2. The molecule has 3 aromatic rings. The van der Waals surface area contributed by atoms with E-state index in [2.05, 4.69) is 5.32 Å². The molecule has 8 nitrogen and oxygen atoms in total. The molecule has 0 bridgehead atoms. The summed E-state index contributed by atoms with van der Waals surface area (Å²) in [4.78, 5) is 28.8. The molecule has 2 amide bonds. The van der Waals surface area contributed by atoms with E-state index in [-0.39, 0.29) is 23.4 Å². The van der Waals surface area contributed by atoms with Crippen molar-refractivity contribution in [2.24, 2.45) is 0 Å². The second-order valence-electron chi connectivity index (χ2n) is 9.81.